The second-order valence-electron chi connectivity index (χ2n) is 5.82. The van der Waals surface area contributed by atoms with E-state index >= 15 is 0 Å². The fourth-order valence-electron chi connectivity index (χ4n) is 2.67. The highest BCUT2D eigenvalue weighted by Gasteiger charge is 2.38. The van der Waals surface area contributed by atoms with Gasteiger partial charge in [-0.1, -0.05) is 6.92 Å². The molecule has 0 aromatic rings. The van der Waals surface area contributed by atoms with Crippen LogP contribution in [0.1, 0.15) is 45.4 Å². The third kappa shape index (κ3) is 4.35. The molecule has 0 aromatic heterocycles. The van der Waals surface area contributed by atoms with Crippen molar-refractivity contribution in [2.24, 2.45) is 17.1 Å². The quantitative estimate of drug-likeness (QED) is 0.797. The molecule has 0 saturated heterocycles. The van der Waals surface area contributed by atoms with Gasteiger partial charge in [0.15, 0.2) is 0 Å². The molecule has 5 heteroatoms. The summed E-state index contributed by atoms with van der Waals surface area (Å²) in [5, 5.41) is 0. The Morgan fingerprint density at radius 2 is 1.89 bits per heavy atom. The predicted octanol–water partition coefficient (Wildman–Crippen LogP) is 1.54. The minimum atomic E-state index is -2.97. The van der Waals surface area contributed by atoms with Gasteiger partial charge in [-0.3, -0.25) is 4.79 Å². The zero-order valence-corrected chi connectivity index (χ0v) is 12.3. The number of carbonyl (C=O) groups excluding carboxylic acids is 1. The first-order chi connectivity index (χ1) is 8.29. The van der Waals surface area contributed by atoms with Crippen molar-refractivity contribution in [3.63, 3.8) is 0 Å². The summed E-state index contributed by atoms with van der Waals surface area (Å²) >= 11 is 0. The van der Waals surface area contributed by atoms with Crippen LogP contribution in [0.15, 0.2) is 0 Å². The van der Waals surface area contributed by atoms with E-state index in [1.807, 2.05) is 0 Å². The molecule has 2 N–H and O–H groups in total. The average molecular weight is 275 g/mol. The van der Waals surface area contributed by atoms with E-state index in [1.165, 1.54) is 6.26 Å². The van der Waals surface area contributed by atoms with Gasteiger partial charge in [-0.2, -0.15) is 0 Å². The lowest BCUT2D eigenvalue weighted by molar-refractivity contribution is -0.130. The van der Waals surface area contributed by atoms with Crippen LogP contribution in [-0.4, -0.2) is 32.8 Å². The lowest BCUT2D eigenvalue weighted by Gasteiger charge is -2.37. The second-order valence-corrected chi connectivity index (χ2v) is 8.08. The van der Waals surface area contributed by atoms with Crippen LogP contribution >= 0.6 is 0 Å². The van der Waals surface area contributed by atoms with Crippen LogP contribution in [0.25, 0.3) is 0 Å². The van der Waals surface area contributed by atoms with Crippen molar-refractivity contribution in [1.82, 2.24) is 0 Å². The lowest BCUT2D eigenvalue weighted by atomic mass is 9.67. The molecule has 0 bridgehead atoms. The first-order valence-corrected chi connectivity index (χ1v) is 8.76. The van der Waals surface area contributed by atoms with Gasteiger partial charge in [-0.15, -0.1) is 0 Å². The Morgan fingerprint density at radius 1 is 1.33 bits per heavy atom. The molecule has 0 aliphatic heterocycles. The highest BCUT2D eigenvalue weighted by atomic mass is 32.2. The Hall–Kier alpha value is -0.420. The fraction of sp³-hybridized carbons (Fsp3) is 0.923. The molecule has 4 nitrogen and oxygen atoms in total. The summed E-state index contributed by atoms with van der Waals surface area (Å²) in [6, 6.07) is 0. The highest BCUT2D eigenvalue weighted by Crippen LogP contribution is 2.39. The van der Waals surface area contributed by atoms with Gasteiger partial charge in [0.25, 0.3) is 0 Å². The Labute approximate surface area is 110 Å². The normalized spacial score (nSPS) is 29.2. The van der Waals surface area contributed by atoms with Crippen molar-refractivity contribution >= 4 is 15.6 Å². The van der Waals surface area contributed by atoms with Gasteiger partial charge >= 0.3 is 0 Å². The van der Waals surface area contributed by atoms with E-state index < -0.39 is 9.84 Å². The topological polar surface area (TPSA) is 77.2 Å². The maximum Gasteiger partial charge on any atom is 0.147 e. The molecular weight excluding hydrogens is 250 g/mol. The van der Waals surface area contributed by atoms with Gasteiger partial charge in [-0.05, 0) is 38.0 Å². The molecular formula is C13H25NO3S. The van der Waals surface area contributed by atoms with Gasteiger partial charge in [0.2, 0.25) is 0 Å². The Bertz CT molecular complexity index is 381. The molecule has 106 valence electrons. The molecule has 0 spiro atoms. The van der Waals surface area contributed by atoms with Crippen LogP contribution in [0.4, 0.5) is 0 Å². The molecule has 1 saturated carbocycles. The molecule has 0 unspecified atom stereocenters. The van der Waals surface area contributed by atoms with Gasteiger partial charge in [0, 0.05) is 24.6 Å². The lowest BCUT2D eigenvalue weighted by Crippen LogP contribution is -2.41. The number of nitrogens with two attached hydrogens (primary N) is 1. The number of ketones is 1. The van der Waals surface area contributed by atoms with Gasteiger partial charge < -0.3 is 5.73 Å². The van der Waals surface area contributed by atoms with E-state index in [-0.39, 0.29) is 17.0 Å². The van der Waals surface area contributed by atoms with Crippen molar-refractivity contribution < 1.29 is 13.2 Å². The smallest absolute Gasteiger partial charge is 0.147 e. The van der Waals surface area contributed by atoms with Crippen molar-refractivity contribution in [2.45, 2.75) is 45.4 Å². The summed E-state index contributed by atoms with van der Waals surface area (Å²) in [7, 11) is -2.97. The zero-order chi connectivity index (χ0) is 13.8. The van der Waals surface area contributed by atoms with E-state index in [4.69, 9.17) is 5.73 Å². The molecule has 1 rings (SSSR count). The number of rotatable bonds is 6. The van der Waals surface area contributed by atoms with E-state index in [2.05, 4.69) is 6.92 Å². The van der Waals surface area contributed by atoms with Gasteiger partial charge in [0.1, 0.15) is 15.6 Å². The fourth-order valence-corrected chi connectivity index (χ4v) is 3.34. The summed E-state index contributed by atoms with van der Waals surface area (Å²) in [6.07, 6.45) is 5.81. The number of Topliss-reactive ketones (excluding diaryl/α,β-unsaturated/α-hetero) is 1. The van der Waals surface area contributed by atoms with Crippen molar-refractivity contribution in [3.8, 4) is 0 Å². The van der Waals surface area contributed by atoms with E-state index in [9.17, 15) is 13.2 Å². The Morgan fingerprint density at radius 3 is 2.33 bits per heavy atom. The summed E-state index contributed by atoms with van der Waals surface area (Å²) in [4.78, 5) is 12.3. The van der Waals surface area contributed by atoms with Crippen LogP contribution < -0.4 is 5.73 Å². The van der Waals surface area contributed by atoms with Crippen molar-refractivity contribution in [1.29, 1.82) is 0 Å². The Balaban J connectivity index is 2.52. The largest absolute Gasteiger partial charge is 0.329 e. The van der Waals surface area contributed by atoms with Crippen LogP contribution in [0.2, 0.25) is 0 Å². The molecule has 0 heterocycles. The third-order valence-electron chi connectivity index (χ3n) is 4.13. The summed E-state index contributed by atoms with van der Waals surface area (Å²) in [6.45, 7) is 2.60. The Kier molecular flexibility index (Phi) is 5.34. The van der Waals surface area contributed by atoms with E-state index in [1.54, 1.807) is 0 Å². The predicted molar refractivity (Wildman–Crippen MR) is 73.1 cm³/mol. The molecule has 1 fully saturated rings. The SMILES string of the molecule is CC1CCC(CN)(C(=O)CCCS(C)(=O)=O)CC1. The minimum Gasteiger partial charge on any atom is -0.329 e. The number of hydrogen-bond donors (Lipinski definition) is 1. The number of carbonyl (C=O) groups is 1. The monoisotopic (exact) mass is 275 g/mol. The van der Waals surface area contributed by atoms with E-state index in [0.717, 1.165) is 25.7 Å². The number of hydrogen-bond acceptors (Lipinski definition) is 4. The van der Waals surface area contributed by atoms with Crippen molar-refractivity contribution in [3.05, 3.63) is 0 Å². The highest BCUT2D eigenvalue weighted by molar-refractivity contribution is 7.90. The molecule has 0 radical (unpaired) electrons. The first kappa shape index (κ1) is 15.6. The van der Waals surface area contributed by atoms with Crippen LogP contribution in [0.3, 0.4) is 0 Å². The second kappa shape index (κ2) is 6.15. The molecule has 1 aliphatic rings. The standard InChI is InChI=1S/C13H25NO3S/c1-11-5-7-13(10-14,8-6-11)12(15)4-3-9-18(2,16)17/h11H,3-10,14H2,1-2H3. The average Bonchev–Trinajstić information content (AvgIpc) is 2.28. The summed E-state index contributed by atoms with van der Waals surface area (Å²) < 4.78 is 22.1. The third-order valence-corrected chi connectivity index (χ3v) is 5.16. The van der Waals surface area contributed by atoms with Crippen LogP contribution in [0, 0.1) is 11.3 Å². The molecule has 18 heavy (non-hydrogen) atoms. The molecule has 0 amide bonds. The maximum absolute atomic E-state index is 12.3. The maximum atomic E-state index is 12.3. The molecule has 0 aromatic carbocycles. The van der Waals surface area contributed by atoms with E-state index in [0.29, 0.717) is 25.3 Å². The summed E-state index contributed by atoms with van der Waals surface area (Å²) in [5.74, 6) is 0.935. The summed E-state index contributed by atoms with van der Waals surface area (Å²) in [5.41, 5.74) is 5.43. The zero-order valence-electron chi connectivity index (χ0n) is 11.4. The first-order valence-electron chi connectivity index (χ1n) is 6.70. The van der Waals surface area contributed by atoms with Crippen molar-refractivity contribution in [2.75, 3.05) is 18.6 Å². The van der Waals surface area contributed by atoms with Gasteiger partial charge in [0.05, 0.1) is 5.75 Å². The van der Waals surface area contributed by atoms with Gasteiger partial charge in [-0.25, -0.2) is 8.42 Å². The minimum absolute atomic E-state index is 0.0930. The van der Waals surface area contributed by atoms with Crippen LogP contribution in [-0.2, 0) is 14.6 Å². The molecule has 0 atom stereocenters. The van der Waals surface area contributed by atoms with Crippen LogP contribution in [0.5, 0.6) is 0 Å². The molecule has 1 aliphatic carbocycles. The number of sulfone groups is 1.